The number of aliphatic imine (C=N–C) groups is 1. The van der Waals surface area contributed by atoms with Gasteiger partial charge in [0.1, 0.15) is 5.92 Å². The van der Waals surface area contributed by atoms with E-state index in [1.54, 1.807) is 43.3 Å². The zero-order valence-electron chi connectivity index (χ0n) is 13.8. The summed E-state index contributed by atoms with van der Waals surface area (Å²) in [5.41, 5.74) is -0.544. The van der Waals surface area contributed by atoms with Gasteiger partial charge in [-0.1, -0.05) is 35.3 Å². The highest BCUT2D eigenvalue weighted by molar-refractivity contribution is 6.31. The lowest BCUT2D eigenvalue weighted by molar-refractivity contribution is -0.137. The van der Waals surface area contributed by atoms with Crippen molar-refractivity contribution >= 4 is 35.4 Å². The van der Waals surface area contributed by atoms with Gasteiger partial charge in [-0.2, -0.15) is 13.2 Å². The maximum Gasteiger partial charge on any atom is 0.417 e. The Kier molecular flexibility index (Phi) is 6.26. The molecule has 2 aromatic rings. The first-order valence-corrected chi connectivity index (χ1v) is 8.07. The molecule has 0 bridgehead atoms. The number of amides is 1. The van der Waals surface area contributed by atoms with Gasteiger partial charge in [-0.3, -0.25) is 9.78 Å². The maximum absolute atomic E-state index is 12.8. The quantitative estimate of drug-likeness (QED) is 0.550. The number of nitrogens with zero attached hydrogens (tertiary/aromatic N) is 3. The number of halogens is 5. The molecule has 1 atom stereocenters. The molecule has 1 aromatic carbocycles. The molecule has 0 saturated carbocycles. The molecule has 0 aliphatic rings. The Balaban J connectivity index is 2.53. The highest BCUT2D eigenvalue weighted by Gasteiger charge is 2.33. The minimum atomic E-state index is -4.59. The van der Waals surface area contributed by atoms with Gasteiger partial charge in [0.05, 0.1) is 22.6 Å². The van der Waals surface area contributed by atoms with E-state index in [9.17, 15) is 18.0 Å². The van der Waals surface area contributed by atoms with E-state index in [-0.39, 0.29) is 10.7 Å². The molecule has 2 rings (SSSR count). The fraction of sp³-hybridized carbons (Fsp3) is 0.235. The van der Waals surface area contributed by atoms with Gasteiger partial charge in [0, 0.05) is 25.3 Å². The first-order valence-electron chi connectivity index (χ1n) is 7.32. The Hall–Kier alpha value is -2.12. The van der Waals surface area contributed by atoms with Crippen molar-refractivity contribution in [1.29, 1.82) is 0 Å². The Morgan fingerprint density at radius 3 is 2.35 bits per heavy atom. The molecule has 0 fully saturated rings. The van der Waals surface area contributed by atoms with Crippen LogP contribution in [0.4, 0.5) is 13.2 Å². The van der Waals surface area contributed by atoms with Crippen LogP contribution in [-0.4, -0.2) is 36.2 Å². The van der Waals surface area contributed by atoms with Crippen molar-refractivity contribution in [2.75, 3.05) is 14.1 Å². The van der Waals surface area contributed by atoms with Gasteiger partial charge in [-0.25, -0.2) is 4.99 Å². The van der Waals surface area contributed by atoms with Crippen molar-refractivity contribution < 1.29 is 18.0 Å². The Bertz CT molecular complexity index is 821. The third-order valence-electron chi connectivity index (χ3n) is 3.34. The third-order valence-corrected chi connectivity index (χ3v) is 3.89. The van der Waals surface area contributed by atoms with Gasteiger partial charge in [0.25, 0.3) is 5.91 Å². The molecule has 0 radical (unpaired) electrons. The van der Waals surface area contributed by atoms with E-state index in [4.69, 9.17) is 23.2 Å². The Morgan fingerprint density at radius 1 is 1.23 bits per heavy atom. The normalized spacial score (nSPS) is 13.0. The molecule has 1 aromatic heterocycles. The van der Waals surface area contributed by atoms with E-state index in [1.165, 1.54) is 6.34 Å². The second kappa shape index (κ2) is 8.05. The van der Waals surface area contributed by atoms with Crippen LogP contribution in [0.2, 0.25) is 10.0 Å². The third kappa shape index (κ3) is 4.95. The Labute approximate surface area is 158 Å². The number of carbonyl (C=O) groups excluding carboxylic acids is 1. The average molecular weight is 404 g/mol. The molecule has 26 heavy (non-hydrogen) atoms. The highest BCUT2D eigenvalue weighted by atomic mass is 35.5. The molecule has 0 saturated heterocycles. The SMILES string of the molecule is CN(C)C=NC(=O)C(c1ccc(Cl)cc1)c1ncc(C(F)(F)F)cc1Cl. The summed E-state index contributed by atoms with van der Waals surface area (Å²) in [5.74, 6) is -1.67. The number of pyridine rings is 1. The summed E-state index contributed by atoms with van der Waals surface area (Å²) in [5, 5.41) is 0.177. The van der Waals surface area contributed by atoms with Crippen LogP contribution < -0.4 is 0 Å². The number of aromatic nitrogens is 1. The predicted octanol–water partition coefficient (Wildman–Crippen LogP) is 4.66. The second-order valence-corrected chi connectivity index (χ2v) is 6.46. The monoisotopic (exact) mass is 403 g/mol. The van der Waals surface area contributed by atoms with Gasteiger partial charge in [0.2, 0.25) is 0 Å². The van der Waals surface area contributed by atoms with E-state index >= 15 is 0 Å². The van der Waals surface area contributed by atoms with Gasteiger partial charge in [0.15, 0.2) is 0 Å². The van der Waals surface area contributed by atoms with Gasteiger partial charge < -0.3 is 4.90 Å². The summed E-state index contributed by atoms with van der Waals surface area (Å²) in [6.45, 7) is 0. The zero-order chi connectivity index (χ0) is 19.5. The van der Waals surface area contributed by atoms with Crippen molar-refractivity contribution in [3.63, 3.8) is 0 Å². The van der Waals surface area contributed by atoms with Crippen LogP contribution in [-0.2, 0) is 11.0 Å². The lowest BCUT2D eigenvalue weighted by atomic mass is 9.94. The van der Waals surface area contributed by atoms with Crippen molar-refractivity contribution in [1.82, 2.24) is 9.88 Å². The first-order chi connectivity index (χ1) is 12.1. The van der Waals surface area contributed by atoms with Gasteiger partial charge in [-0.05, 0) is 23.8 Å². The van der Waals surface area contributed by atoms with Crippen LogP contribution in [0.3, 0.4) is 0 Å². The molecular weight excluding hydrogens is 390 g/mol. The predicted molar refractivity (Wildman–Crippen MR) is 94.7 cm³/mol. The molecular formula is C17H14Cl2F3N3O. The number of rotatable bonds is 4. The molecule has 0 spiro atoms. The topological polar surface area (TPSA) is 45.6 Å². The number of carbonyl (C=O) groups is 1. The molecule has 1 heterocycles. The number of alkyl halides is 3. The van der Waals surface area contributed by atoms with Crippen molar-refractivity contribution in [2.45, 2.75) is 12.1 Å². The van der Waals surface area contributed by atoms with Crippen LogP contribution in [0.25, 0.3) is 0 Å². The Morgan fingerprint density at radius 2 is 1.85 bits per heavy atom. The minimum Gasteiger partial charge on any atom is -0.369 e. The van der Waals surface area contributed by atoms with Crippen LogP contribution >= 0.6 is 23.2 Å². The molecule has 1 unspecified atom stereocenters. The average Bonchev–Trinajstić information content (AvgIpc) is 2.55. The van der Waals surface area contributed by atoms with E-state index < -0.39 is 23.6 Å². The summed E-state index contributed by atoms with van der Waals surface area (Å²) in [7, 11) is 3.36. The van der Waals surface area contributed by atoms with Crippen LogP contribution in [0.1, 0.15) is 22.7 Å². The van der Waals surface area contributed by atoms with E-state index in [0.717, 1.165) is 6.07 Å². The fourth-order valence-electron chi connectivity index (χ4n) is 2.14. The zero-order valence-corrected chi connectivity index (χ0v) is 15.3. The van der Waals surface area contributed by atoms with Crippen LogP contribution in [0.15, 0.2) is 41.5 Å². The number of benzene rings is 1. The summed E-state index contributed by atoms with van der Waals surface area (Å²) < 4.78 is 38.5. The van der Waals surface area contributed by atoms with E-state index in [0.29, 0.717) is 16.8 Å². The van der Waals surface area contributed by atoms with Gasteiger partial charge >= 0.3 is 6.18 Å². The molecule has 138 valence electrons. The summed E-state index contributed by atoms with van der Waals surface area (Å²) in [6.07, 6.45) is -2.64. The summed E-state index contributed by atoms with van der Waals surface area (Å²) in [4.78, 5) is 21.8. The van der Waals surface area contributed by atoms with Crippen molar-refractivity contribution in [3.8, 4) is 0 Å². The molecule has 0 aliphatic heterocycles. The highest BCUT2D eigenvalue weighted by Crippen LogP contribution is 2.35. The van der Waals surface area contributed by atoms with E-state index in [2.05, 4.69) is 9.98 Å². The van der Waals surface area contributed by atoms with Crippen molar-refractivity contribution in [2.24, 2.45) is 4.99 Å². The number of hydrogen-bond donors (Lipinski definition) is 0. The molecule has 4 nitrogen and oxygen atoms in total. The van der Waals surface area contributed by atoms with E-state index in [1.807, 2.05) is 0 Å². The molecule has 0 N–H and O–H groups in total. The first kappa shape index (κ1) is 20.2. The smallest absolute Gasteiger partial charge is 0.369 e. The molecule has 9 heteroatoms. The lowest BCUT2D eigenvalue weighted by Crippen LogP contribution is -2.18. The minimum absolute atomic E-state index is 0.0112. The van der Waals surface area contributed by atoms with Crippen molar-refractivity contribution in [3.05, 3.63) is 63.4 Å². The molecule has 0 aliphatic carbocycles. The van der Waals surface area contributed by atoms with Gasteiger partial charge in [-0.15, -0.1) is 0 Å². The maximum atomic E-state index is 12.8. The lowest BCUT2D eigenvalue weighted by Gasteiger charge is -2.17. The van der Waals surface area contributed by atoms with Crippen LogP contribution in [0.5, 0.6) is 0 Å². The summed E-state index contributed by atoms with van der Waals surface area (Å²) >= 11 is 11.9. The number of hydrogen-bond acceptors (Lipinski definition) is 2. The van der Waals surface area contributed by atoms with Crippen LogP contribution in [0, 0.1) is 0 Å². The summed E-state index contributed by atoms with van der Waals surface area (Å²) in [6, 6.07) is 7.02. The fourth-order valence-corrected chi connectivity index (χ4v) is 2.54. The standard InChI is InChI=1S/C17H14Cl2F3N3O/c1-25(2)9-24-16(26)14(10-3-5-12(18)6-4-10)15-13(19)7-11(8-23-15)17(20,21)22/h3-9,14H,1-2H3. The second-order valence-electron chi connectivity index (χ2n) is 5.62. The molecule has 1 amide bonds. The largest absolute Gasteiger partial charge is 0.417 e.